The van der Waals surface area contributed by atoms with Gasteiger partial charge < -0.3 is 10.1 Å². The Morgan fingerprint density at radius 3 is 2.73 bits per heavy atom. The number of amidine groups is 1. The molecule has 37 heavy (non-hydrogen) atoms. The van der Waals surface area contributed by atoms with Crippen LogP contribution in [-0.4, -0.2) is 61.7 Å². The maximum absolute atomic E-state index is 13.6. The van der Waals surface area contributed by atoms with Crippen LogP contribution >= 0.6 is 11.3 Å². The molecule has 1 N–H and O–H groups in total. The molecule has 4 aromatic heterocycles. The first-order valence-corrected chi connectivity index (χ1v) is 11.4. The van der Waals surface area contributed by atoms with Crippen LogP contribution in [0, 0.1) is 6.92 Å². The lowest BCUT2D eigenvalue weighted by atomic mass is 10.2. The summed E-state index contributed by atoms with van der Waals surface area (Å²) in [6, 6.07) is 1.33. The Hall–Kier alpha value is -4.40. The average molecular weight is 532 g/mol. The highest BCUT2D eigenvalue weighted by Gasteiger charge is 2.37. The summed E-state index contributed by atoms with van der Waals surface area (Å²) >= 11 is 1.38. The second-order valence-corrected chi connectivity index (χ2v) is 8.92. The lowest BCUT2D eigenvalue weighted by molar-refractivity contribution is -0.142. The summed E-state index contributed by atoms with van der Waals surface area (Å²) in [4.78, 5) is 30.2. The van der Waals surface area contributed by atoms with Crippen LogP contribution in [0.2, 0.25) is 0 Å². The van der Waals surface area contributed by atoms with Gasteiger partial charge in [0.2, 0.25) is 0 Å². The molecule has 0 saturated carbocycles. The minimum atomic E-state index is -4.73. The van der Waals surface area contributed by atoms with Crippen LogP contribution in [-0.2, 0) is 10.9 Å². The molecule has 0 fully saturated rings. The number of carbonyl (C=O) groups excluding carboxylic acids is 1. The number of nitrogens with one attached hydrogen (secondary N) is 1. The molecule has 0 atom stereocenters. The smallest absolute Gasteiger partial charge is 0.435 e. The number of aryl methyl sites for hydroxylation is 1. The van der Waals surface area contributed by atoms with Gasteiger partial charge in [-0.25, -0.2) is 24.6 Å². The van der Waals surface area contributed by atoms with E-state index in [1.165, 1.54) is 47.5 Å². The summed E-state index contributed by atoms with van der Waals surface area (Å²) < 4.78 is 47.9. The van der Waals surface area contributed by atoms with Crippen LogP contribution in [0.4, 0.5) is 13.2 Å². The number of pyridine rings is 1. The minimum absolute atomic E-state index is 0.0548. The molecule has 4 aromatic rings. The topological polar surface area (TPSA) is 124 Å². The number of hydrogen-bond donors (Lipinski definition) is 1. The van der Waals surface area contributed by atoms with E-state index in [0.717, 1.165) is 4.88 Å². The zero-order valence-electron chi connectivity index (χ0n) is 19.8. The highest BCUT2D eigenvalue weighted by atomic mass is 32.1. The highest BCUT2D eigenvalue weighted by molar-refractivity contribution is 7.14. The fraction of sp³-hybridized carbons (Fsp3) is 0.227. The number of halogens is 3. The normalized spacial score (nSPS) is 12.7. The van der Waals surface area contributed by atoms with Crippen molar-refractivity contribution in [3.05, 3.63) is 58.8 Å². The maximum Gasteiger partial charge on any atom is 0.435 e. The molecule has 4 heterocycles. The van der Waals surface area contributed by atoms with E-state index in [4.69, 9.17) is 4.74 Å². The average Bonchev–Trinajstić information content (AvgIpc) is 3.61. The van der Waals surface area contributed by atoms with Gasteiger partial charge in [0.15, 0.2) is 11.3 Å². The predicted octanol–water partition coefficient (Wildman–Crippen LogP) is 3.70. The highest BCUT2D eigenvalue weighted by Crippen LogP contribution is 2.33. The van der Waals surface area contributed by atoms with Crippen molar-refractivity contribution in [1.29, 1.82) is 0 Å². The van der Waals surface area contributed by atoms with E-state index in [9.17, 15) is 18.0 Å². The molecule has 0 aliphatic carbocycles. The number of hydrogen-bond acceptors (Lipinski definition) is 8. The molecule has 0 radical (unpaired) electrons. The van der Waals surface area contributed by atoms with E-state index in [1.54, 1.807) is 13.1 Å². The standard InChI is InChI=1S/C22H20F3N9O2S/c1-12(7-30-21(26-3)36-4)6-28-19(35)14-5-15(34-17(10-31-32-34)22(23,24)25)18-27-9-16(33(18)11-14)20-29-8-13(2)37-20/h5,7-11H,3,6H2,1-2,4H3,(H,28,35)/b12-7+,30-21?. The van der Waals surface area contributed by atoms with Crippen molar-refractivity contribution in [2.24, 2.45) is 9.98 Å². The molecule has 15 heteroatoms. The van der Waals surface area contributed by atoms with Crippen LogP contribution in [0.15, 0.2) is 52.6 Å². The molecule has 0 aliphatic rings. The number of aliphatic imine (C=N–C) groups is 2. The third-order valence-corrected chi connectivity index (χ3v) is 5.93. The number of carbonyl (C=O) groups is 1. The SMILES string of the molecule is C=NC(=N/C=C(\C)CNC(=O)c1cc(-n2nncc2C(F)(F)F)c2ncc(-c3ncc(C)s3)n2c1)OC. The third-order valence-electron chi connectivity index (χ3n) is 5.00. The van der Waals surface area contributed by atoms with E-state index in [0.29, 0.717) is 27.2 Å². The first kappa shape index (κ1) is 25.7. The first-order chi connectivity index (χ1) is 17.6. The van der Waals surface area contributed by atoms with Gasteiger partial charge in [0.1, 0.15) is 16.4 Å². The quantitative estimate of drug-likeness (QED) is 0.299. The van der Waals surface area contributed by atoms with Crippen molar-refractivity contribution in [2.75, 3.05) is 13.7 Å². The van der Waals surface area contributed by atoms with E-state index >= 15 is 0 Å². The Morgan fingerprint density at radius 2 is 2.08 bits per heavy atom. The summed E-state index contributed by atoms with van der Waals surface area (Å²) in [5.74, 6) is -0.544. The summed E-state index contributed by atoms with van der Waals surface area (Å²) in [7, 11) is 1.39. The van der Waals surface area contributed by atoms with Gasteiger partial charge in [-0.15, -0.1) is 16.4 Å². The fourth-order valence-electron chi connectivity index (χ4n) is 3.28. The number of thiazole rings is 1. The van der Waals surface area contributed by atoms with Gasteiger partial charge in [-0.1, -0.05) is 5.21 Å². The Bertz CT molecular complexity index is 1530. The molecule has 0 spiro atoms. The fourth-order valence-corrected chi connectivity index (χ4v) is 4.05. The van der Waals surface area contributed by atoms with E-state index in [-0.39, 0.29) is 29.5 Å². The van der Waals surface area contributed by atoms with Crippen molar-refractivity contribution in [1.82, 2.24) is 34.7 Å². The first-order valence-electron chi connectivity index (χ1n) is 10.6. The largest absolute Gasteiger partial charge is 0.467 e. The Balaban J connectivity index is 1.77. The number of aromatic nitrogens is 6. The minimum Gasteiger partial charge on any atom is -0.467 e. The van der Waals surface area contributed by atoms with Gasteiger partial charge in [-0.2, -0.15) is 13.2 Å². The van der Waals surface area contributed by atoms with Gasteiger partial charge in [0.05, 0.1) is 25.1 Å². The Morgan fingerprint density at radius 1 is 1.30 bits per heavy atom. The summed E-state index contributed by atoms with van der Waals surface area (Å²) in [5, 5.41) is 10.4. The van der Waals surface area contributed by atoms with Crippen molar-refractivity contribution in [3.8, 4) is 16.4 Å². The van der Waals surface area contributed by atoms with E-state index < -0.39 is 17.8 Å². The lowest BCUT2D eigenvalue weighted by Gasteiger charge is -2.13. The number of nitrogens with zero attached hydrogens (tertiary/aromatic N) is 8. The third kappa shape index (κ3) is 5.40. The van der Waals surface area contributed by atoms with Gasteiger partial charge in [-0.3, -0.25) is 9.20 Å². The summed E-state index contributed by atoms with van der Waals surface area (Å²) in [5.41, 5.74) is 0.195. The zero-order chi connectivity index (χ0) is 26.7. The van der Waals surface area contributed by atoms with Gasteiger partial charge >= 0.3 is 12.2 Å². The predicted molar refractivity (Wildman–Crippen MR) is 131 cm³/mol. The van der Waals surface area contributed by atoms with Crippen LogP contribution in [0.3, 0.4) is 0 Å². The number of fused-ring (bicyclic) bond motifs is 1. The molecule has 11 nitrogen and oxygen atoms in total. The number of ether oxygens (including phenoxy) is 1. The van der Waals surface area contributed by atoms with Crippen molar-refractivity contribution < 1.29 is 22.7 Å². The number of rotatable bonds is 6. The molecular weight excluding hydrogens is 511 g/mol. The summed E-state index contributed by atoms with van der Waals surface area (Å²) in [6.45, 7) is 7.02. The van der Waals surface area contributed by atoms with Gasteiger partial charge in [0, 0.05) is 30.0 Å². The molecule has 0 aromatic carbocycles. The van der Waals surface area contributed by atoms with Gasteiger partial charge in [-0.05, 0) is 32.2 Å². The van der Waals surface area contributed by atoms with Crippen LogP contribution in [0.25, 0.3) is 22.0 Å². The number of amides is 1. The Kier molecular flexibility index (Phi) is 7.15. The number of methoxy groups -OCH3 is 1. The van der Waals surface area contributed by atoms with Crippen molar-refractivity contribution in [3.63, 3.8) is 0 Å². The second-order valence-electron chi connectivity index (χ2n) is 7.69. The monoisotopic (exact) mass is 531 g/mol. The molecule has 0 aliphatic heterocycles. The van der Waals surface area contributed by atoms with E-state index in [1.807, 2.05) is 6.92 Å². The van der Waals surface area contributed by atoms with Crippen LogP contribution in [0.1, 0.15) is 27.9 Å². The lowest BCUT2D eigenvalue weighted by Crippen LogP contribution is -2.26. The molecular formula is C22H20F3N9O2S. The van der Waals surface area contributed by atoms with Crippen LogP contribution in [0.5, 0.6) is 0 Å². The maximum atomic E-state index is 13.6. The molecule has 1 amide bonds. The number of imidazole rings is 1. The molecule has 192 valence electrons. The molecule has 0 saturated heterocycles. The van der Waals surface area contributed by atoms with E-state index in [2.05, 4.69) is 42.3 Å². The van der Waals surface area contributed by atoms with Crippen molar-refractivity contribution >= 4 is 35.6 Å². The second kappa shape index (κ2) is 10.3. The molecule has 0 unspecified atom stereocenters. The molecule has 4 rings (SSSR count). The summed E-state index contributed by atoms with van der Waals surface area (Å²) in [6.07, 6.45) is 1.97. The Labute approximate surface area is 212 Å². The zero-order valence-corrected chi connectivity index (χ0v) is 20.6. The van der Waals surface area contributed by atoms with Gasteiger partial charge in [0.25, 0.3) is 5.91 Å². The number of alkyl halides is 3. The van der Waals surface area contributed by atoms with Crippen LogP contribution < -0.4 is 5.32 Å². The van der Waals surface area contributed by atoms with Crippen molar-refractivity contribution in [2.45, 2.75) is 20.0 Å². The molecule has 0 bridgehead atoms.